The number of hydrogen-bond donors (Lipinski definition) is 1. The Morgan fingerprint density at radius 3 is 2.47 bits per heavy atom. The van der Waals surface area contributed by atoms with Crippen molar-refractivity contribution in [1.82, 2.24) is 9.78 Å². The van der Waals surface area contributed by atoms with Crippen molar-refractivity contribution in [3.63, 3.8) is 0 Å². The van der Waals surface area contributed by atoms with Gasteiger partial charge in [-0.05, 0) is 48.0 Å². The van der Waals surface area contributed by atoms with Crippen molar-refractivity contribution in [3.8, 4) is 0 Å². The molecule has 2 rings (SSSR count). The molecular formula is C13H14BrCl2N3. The van der Waals surface area contributed by atoms with Gasteiger partial charge in [-0.15, -0.1) is 0 Å². The average molecular weight is 363 g/mol. The van der Waals surface area contributed by atoms with Crippen molar-refractivity contribution >= 4 is 44.8 Å². The van der Waals surface area contributed by atoms with E-state index in [0.29, 0.717) is 16.6 Å². The van der Waals surface area contributed by atoms with Crippen LogP contribution in [0.2, 0.25) is 10.0 Å². The van der Waals surface area contributed by atoms with Gasteiger partial charge in [-0.3, -0.25) is 4.68 Å². The highest BCUT2D eigenvalue weighted by molar-refractivity contribution is 9.10. The first-order valence-corrected chi connectivity index (χ1v) is 7.48. The van der Waals surface area contributed by atoms with E-state index in [-0.39, 0.29) is 0 Å². The zero-order valence-electron chi connectivity index (χ0n) is 10.7. The van der Waals surface area contributed by atoms with Crippen LogP contribution in [0.15, 0.2) is 22.7 Å². The molecule has 3 nitrogen and oxygen atoms in total. The van der Waals surface area contributed by atoms with E-state index < -0.39 is 0 Å². The van der Waals surface area contributed by atoms with Crippen LogP contribution in [-0.2, 0) is 13.1 Å². The molecule has 0 spiro atoms. The van der Waals surface area contributed by atoms with Gasteiger partial charge >= 0.3 is 0 Å². The number of aryl methyl sites for hydroxylation is 2. The summed E-state index contributed by atoms with van der Waals surface area (Å²) in [5, 5.41) is 9.00. The lowest BCUT2D eigenvalue weighted by Gasteiger charge is -2.09. The number of aromatic nitrogens is 2. The van der Waals surface area contributed by atoms with Gasteiger partial charge < -0.3 is 5.32 Å². The summed E-state index contributed by atoms with van der Waals surface area (Å²) >= 11 is 15.5. The molecule has 19 heavy (non-hydrogen) atoms. The van der Waals surface area contributed by atoms with Gasteiger partial charge in [0.05, 0.1) is 22.4 Å². The minimum Gasteiger partial charge on any atom is -0.379 e. The lowest BCUT2D eigenvalue weighted by molar-refractivity contribution is 0.622. The molecule has 0 bridgehead atoms. The molecule has 0 radical (unpaired) electrons. The Morgan fingerprint density at radius 1 is 1.26 bits per heavy atom. The Hall–Kier alpha value is -0.710. The largest absolute Gasteiger partial charge is 0.379 e. The van der Waals surface area contributed by atoms with Gasteiger partial charge in [0.25, 0.3) is 0 Å². The van der Waals surface area contributed by atoms with E-state index in [0.717, 1.165) is 28.1 Å². The van der Waals surface area contributed by atoms with Crippen molar-refractivity contribution in [2.75, 3.05) is 5.32 Å². The molecule has 0 amide bonds. The Morgan fingerprint density at radius 2 is 1.89 bits per heavy atom. The highest BCUT2D eigenvalue weighted by Gasteiger charge is 2.11. The van der Waals surface area contributed by atoms with Crippen LogP contribution in [0.1, 0.15) is 18.3 Å². The molecule has 0 unspecified atom stereocenters. The van der Waals surface area contributed by atoms with E-state index in [1.54, 1.807) is 6.07 Å². The van der Waals surface area contributed by atoms with Crippen LogP contribution in [0.5, 0.6) is 0 Å². The molecule has 6 heteroatoms. The molecule has 2 aromatic rings. The second-order valence-corrected chi connectivity index (χ2v) is 5.84. The normalized spacial score (nSPS) is 10.8. The third kappa shape index (κ3) is 3.44. The molecule has 0 saturated carbocycles. The predicted molar refractivity (Wildman–Crippen MR) is 84.1 cm³/mol. The third-order valence-electron chi connectivity index (χ3n) is 2.78. The van der Waals surface area contributed by atoms with Crippen molar-refractivity contribution < 1.29 is 0 Å². The maximum atomic E-state index is 5.97. The number of nitrogens with one attached hydrogen (secondary N) is 1. The number of rotatable bonds is 4. The summed E-state index contributed by atoms with van der Waals surface area (Å²) in [6.07, 6.45) is 0. The van der Waals surface area contributed by atoms with E-state index in [4.69, 9.17) is 23.2 Å². The van der Waals surface area contributed by atoms with Gasteiger partial charge in [-0.25, -0.2) is 0 Å². The molecule has 0 aliphatic carbocycles. The summed E-state index contributed by atoms with van der Waals surface area (Å²) in [4.78, 5) is 0. The highest BCUT2D eigenvalue weighted by Crippen LogP contribution is 2.25. The SMILES string of the molecule is CCn1nc(C)c(Br)c1CNc1cc(Cl)cc(Cl)c1. The summed E-state index contributed by atoms with van der Waals surface area (Å²) in [6, 6.07) is 5.41. The van der Waals surface area contributed by atoms with Crippen LogP contribution in [0.25, 0.3) is 0 Å². The van der Waals surface area contributed by atoms with Gasteiger partial charge in [0.1, 0.15) is 0 Å². The van der Waals surface area contributed by atoms with Gasteiger partial charge in [-0.2, -0.15) is 5.10 Å². The number of benzene rings is 1. The predicted octanol–water partition coefficient (Wildman–Crippen LogP) is 4.89. The van der Waals surface area contributed by atoms with Crippen LogP contribution >= 0.6 is 39.1 Å². The summed E-state index contributed by atoms with van der Waals surface area (Å²) < 4.78 is 3.01. The van der Waals surface area contributed by atoms with Crippen LogP contribution in [-0.4, -0.2) is 9.78 Å². The molecule has 0 aliphatic heterocycles. The highest BCUT2D eigenvalue weighted by atomic mass is 79.9. The van der Waals surface area contributed by atoms with Crippen molar-refractivity contribution in [1.29, 1.82) is 0 Å². The average Bonchev–Trinajstić information content (AvgIpc) is 2.62. The monoisotopic (exact) mass is 361 g/mol. The first-order chi connectivity index (χ1) is 9.01. The standard InChI is InChI=1S/C13H14BrCl2N3/c1-3-19-12(13(14)8(2)18-19)7-17-11-5-9(15)4-10(16)6-11/h4-6,17H,3,7H2,1-2H3. The summed E-state index contributed by atoms with van der Waals surface area (Å²) in [6.45, 7) is 5.54. The Balaban J connectivity index is 2.18. The second kappa shape index (κ2) is 6.16. The molecule has 102 valence electrons. The van der Waals surface area contributed by atoms with E-state index >= 15 is 0 Å². The molecule has 0 atom stereocenters. The lowest BCUT2D eigenvalue weighted by atomic mass is 10.3. The zero-order chi connectivity index (χ0) is 14.0. The van der Waals surface area contributed by atoms with Crippen LogP contribution in [0, 0.1) is 6.92 Å². The fraction of sp³-hybridized carbons (Fsp3) is 0.308. The van der Waals surface area contributed by atoms with E-state index in [1.165, 1.54) is 0 Å². The summed E-state index contributed by atoms with van der Waals surface area (Å²) in [5.41, 5.74) is 2.99. The topological polar surface area (TPSA) is 29.9 Å². The van der Waals surface area contributed by atoms with Gasteiger partial charge in [0.2, 0.25) is 0 Å². The quantitative estimate of drug-likeness (QED) is 0.838. The van der Waals surface area contributed by atoms with Gasteiger partial charge in [0.15, 0.2) is 0 Å². The van der Waals surface area contributed by atoms with Crippen LogP contribution in [0.4, 0.5) is 5.69 Å². The van der Waals surface area contributed by atoms with Crippen molar-refractivity contribution in [2.24, 2.45) is 0 Å². The first kappa shape index (κ1) is 14.7. The molecule has 0 fully saturated rings. The Bertz CT molecular complexity index is 576. The number of halogens is 3. The Kier molecular flexibility index (Phi) is 4.76. The summed E-state index contributed by atoms with van der Waals surface area (Å²) in [7, 11) is 0. The fourth-order valence-corrected chi connectivity index (χ4v) is 2.83. The molecule has 1 heterocycles. The summed E-state index contributed by atoms with van der Waals surface area (Å²) in [5.74, 6) is 0. The van der Waals surface area contributed by atoms with E-state index in [1.807, 2.05) is 23.7 Å². The third-order valence-corrected chi connectivity index (χ3v) is 4.24. The molecule has 1 aromatic carbocycles. The first-order valence-electron chi connectivity index (χ1n) is 5.93. The van der Waals surface area contributed by atoms with Crippen LogP contribution < -0.4 is 5.32 Å². The minimum absolute atomic E-state index is 0.620. The van der Waals surface area contributed by atoms with Gasteiger partial charge in [-0.1, -0.05) is 23.2 Å². The zero-order valence-corrected chi connectivity index (χ0v) is 13.8. The fourth-order valence-electron chi connectivity index (χ4n) is 1.88. The Labute approximate surface area is 131 Å². The lowest BCUT2D eigenvalue weighted by Crippen LogP contribution is -2.08. The molecule has 0 aliphatic rings. The maximum absolute atomic E-state index is 5.97. The smallest absolute Gasteiger partial charge is 0.0739 e. The maximum Gasteiger partial charge on any atom is 0.0739 e. The van der Waals surface area contributed by atoms with E-state index in [9.17, 15) is 0 Å². The van der Waals surface area contributed by atoms with Crippen LogP contribution in [0.3, 0.4) is 0 Å². The van der Waals surface area contributed by atoms with Crippen molar-refractivity contribution in [2.45, 2.75) is 26.9 Å². The number of anilines is 1. The molecule has 0 saturated heterocycles. The van der Waals surface area contributed by atoms with Gasteiger partial charge in [0, 0.05) is 22.3 Å². The molecule has 1 aromatic heterocycles. The molecule has 1 N–H and O–H groups in total. The minimum atomic E-state index is 0.620. The molecular weight excluding hydrogens is 349 g/mol. The second-order valence-electron chi connectivity index (χ2n) is 4.17. The van der Waals surface area contributed by atoms with Crippen molar-refractivity contribution in [3.05, 3.63) is 44.1 Å². The van der Waals surface area contributed by atoms with E-state index in [2.05, 4.69) is 33.3 Å². The number of nitrogens with zero attached hydrogens (tertiary/aromatic N) is 2. The number of hydrogen-bond acceptors (Lipinski definition) is 2.